The largest absolute Gasteiger partial charge is 0.487 e. The molecule has 1 N–H and O–H groups in total. The Hall–Kier alpha value is -2.49. The lowest BCUT2D eigenvalue weighted by Crippen LogP contribution is -2.47. The molecule has 1 aliphatic rings. The van der Waals surface area contributed by atoms with Gasteiger partial charge in [-0.3, -0.25) is 4.79 Å². The number of para-hydroxylation sites is 1. The summed E-state index contributed by atoms with van der Waals surface area (Å²) in [5.74, 6) is 1.56. The molecule has 0 saturated heterocycles. The number of carbonyl (C=O) groups is 1. The number of nitrogens with one attached hydrogen (secondary N) is 1. The van der Waals surface area contributed by atoms with Crippen molar-refractivity contribution in [1.29, 1.82) is 0 Å². The molecule has 156 valence electrons. The maximum atomic E-state index is 13.1. The first-order valence-corrected chi connectivity index (χ1v) is 10.7. The third-order valence-corrected chi connectivity index (χ3v) is 6.07. The van der Waals surface area contributed by atoms with E-state index in [1.165, 1.54) is 5.56 Å². The minimum absolute atomic E-state index is 0.0738. The van der Waals surface area contributed by atoms with Crippen molar-refractivity contribution >= 4 is 5.91 Å². The Morgan fingerprint density at radius 2 is 1.90 bits per heavy atom. The molecule has 0 fully saturated rings. The average Bonchev–Trinajstić information content (AvgIpc) is 2.73. The zero-order valence-electron chi connectivity index (χ0n) is 18.2. The maximum absolute atomic E-state index is 13.1. The van der Waals surface area contributed by atoms with Crippen molar-refractivity contribution < 1.29 is 14.3 Å². The van der Waals surface area contributed by atoms with Crippen LogP contribution >= 0.6 is 0 Å². The number of amides is 1. The van der Waals surface area contributed by atoms with Crippen molar-refractivity contribution in [2.75, 3.05) is 0 Å². The first kappa shape index (κ1) is 21.2. The van der Waals surface area contributed by atoms with Gasteiger partial charge in [-0.15, -0.1) is 0 Å². The van der Waals surface area contributed by atoms with Crippen LogP contribution in [0.1, 0.15) is 69.2 Å². The summed E-state index contributed by atoms with van der Waals surface area (Å²) in [6.07, 6.45) is 2.66. The molecule has 0 spiro atoms. The fourth-order valence-electron chi connectivity index (χ4n) is 4.10. The molecular formula is C25H33NO3. The molecule has 0 aliphatic carbocycles. The number of rotatable bonds is 7. The molecule has 4 heteroatoms. The molecule has 0 aromatic heterocycles. The van der Waals surface area contributed by atoms with Crippen molar-refractivity contribution in [2.45, 2.75) is 78.0 Å². The normalized spacial score (nSPS) is 18.3. The van der Waals surface area contributed by atoms with E-state index in [-0.39, 0.29) is 17.6 Å². The van der Waals surface area contributed by atoms with Crippen molar-refractivity contribution in [1.82, 2.24) is 5.32 Å². The van der Waals surface area contributed by atoms with E-state index in [0.717, 1.165) is 41.9 Å². The topological polar surface area (TPSA) is 47.6 Å². The number of carbonyl (C=O) groups excluding carboxylic acids is 1. The highest BCUT2D eigenvalue weighted by Gasteiger charge is 2.39. The predicted molar refractivity (Wildman–Crippen MR) is 117 cm³/mol. The smallest absolute Gasteiger partial charge is 0.261 e. The van der Waals surface area contributed by atoms with Crippen LogP contribution in [0.15, 0.2) is 42.5 Å². The van der Waals surface area contributed by atoms with Crippen LogP contribution in [-0.2, 0) is 4.79 Å². The van der Waals surface area contributed by atoms with E-state index in [1.54, 1.807) is 0 Å². The number of aryl methyl sites for hydroxylation is 2. The monoisotopic (exact) mass is 395 g/mol. The van der Waals surface area contributed by atoms with Gasteiger partial charge < -0.3 is 14.8 Å². The van der Waals surface area contributed by atoms with Crippen molar-refractivity contribution in [3.8, 4) is 11.5 Å². The summed E-state index contributed by atoms with van der Waals surface area (Å²) in [7, 11) is 0. The fourth-order valence-corrected chi connectivity index (χ4v) is 4.10. The van der Waals surface area contributed by atoms with E-state index in [4.69, 9.17) is 9.47 Å². The molecule has 0 radical (unpaired) electrons. The lowest BCUT2D eigenvalue weighted by molar-refractivity contribution is -0.129. The highest BCUT2D eigenvalue weighted by Crippen LogP contribution is 2.42. The lowest BCUT2D eigenvalue weighted by atomic mass is 9.83. The number of benzene rings is 2. The van der Waals surface area contributed by atoms with E-state index in [0.29, 0.717) is 6.42 Å². The molecular weight excluding hydrogens is 362 g/mol. The summed E-state index contributed by atoms with van der Waals surface area (Å²) in [5.41, 5.74) is 3.02. The Bertz CT molecular complexity index is 857. The molecule has 0 unspecified atom stereocenters. The Balaban J connectivity index is 1.80. The van der Waals surface area contributed by atoms with Gasteiger partial charge in [-0.25, -0.2) is 0 Å². The standard InChI is InChI=1S/C25H33NO3/c1-6-21(28-22-14-13-17(4)15-18(22)5)24(27)26-20-16-25(7-2,8-3)29-23-12-10-9-11-19(20)23/h9-15,20-21H,6-8,16H2,1-5H3,(H,26,27)/t20-,21-/m1/s1. The van der Waals surface area contributed by atoms with Crippen LogP contribution in [0.3, 0.4) is 0 Å². The van der Waals surface area contributed by atoms with Gasteiger partial charge in [0, 0.05) is 12.0 Å². The predicted octanol–water partition coefficient (Wildman–Crippen LogP) is 5.66. The van der Waals surface area contributed by atoms with Gasteiger partial charge >= 0.3 is 0 Å². The summed E-state index contributed by atoms with van der Waals surface area (Å²) in [5, 5.41) is 3.26. The average molecular weight is 396 g/mol. The number of hydrogen-bond acceptors (Lipinski definition) is 3. The number of fused-ring (bicyclic) bond motifs is 1. The highest BCUT2D eigenvalue weighted by molar-refractivity contribution is 5.81. The van der Waals surface area contributed by atoms with Crippen LogP contribution in [0.5, 0.6) is 11.5 Å². The number of hydrogen-bond donors (Lipinski definition) is 1. The summed E-state index contributed by atoms with van der Waals surface area (Å²) in [6.45, 7) is 10.3. The van der Waals surface area contributed by atoms with E-state index < -0.39 is 6.10 Å². The number of ether oxygens (including phenoxy) is 2. The third-order valence-electron chi connectivity index (χ3n) is 6.07. The van der Waals surface area contributed by atoms with Crippen molar-refractivity contribution in [2.24, 2.45) is 0 Å². The van der Waals surface area contributed by atoms with Gasteiger partial charge in [0.25, 0.3) is 5.91 Å². The van der Waals surface area contributed by atoms with Crippen LogP contribution in [0.25, 0.3) is 0 Å². The Morgan fingerprint density at radius 1 is 1.17 bits per heavy atom. The third kappa shape index (κ3) is 4.58. The van der Waals surface area contributed by atoms with Crippen LogP contribution in [0.4, 0.5) is 0 Å². The summed E-state index contributed by atoms with van der Waals surface area (Å²) < 4.78 is 12.5. The molecule has 0 saturated carbocycles. The van der Waals surface area contributed by atoms with Crippen LogP contribution in [0, 0.1) is 13.8 Å². The Morgan fingerprint density at radius 3 is 2.55 bits per heavy atom. The molecule has 4 nitrogen and oxygen atoms in total. The van der Waals surface area contributed by atoms with Gasteiger partial charge in [0.1, 0.15) is 17.1 Å². The lowest BCUT2D eigenvalue weighted by Gasteiger charge is -2.42. The van der Waals surface area contributed by atoms with Gasteiger partial charge in [-0.05, 0) is 50.8 Å². The molecule has 2 atom stereocenters. The molecule has 1 heterocycles. The van der Waals surface area contributed by atoms with Crippen LogP contribution in [-0.4, -0.2) is 17.6 Å². The molecule has 29 heavy (non-hydrogen) atoms. The van der Waals surface area contributed by atoms with Gasteiger partial charge in [0.05, 0.1) is 6.04 Å². The Labute approximate surface area is 174 Å². The summed E-state index contributed by atoms with van der Waals surface area (Å²) in [4.78, 5) is 13.1. The summed E-state index contributed by atoms with van der Waals surface area (Å²) in [6, 6.07) is 14.0. The van der Waals surface area contributed by atoms with Gasteiger partial charge in [-0.1, -0.05) is 56.7 Å². The van der Waals surface area contributed by atoms with Crippen LogP contribution in [0.2, 0.25) is 0 Å². The Kier molecular flexibility index (Phi) is 6.51. The van der Waals surface area contributed by atoms with E-state index >= 15 is 0 Å². The van der Waals surface area contributed by atoms with E-state index in [2.05, 4.69) is 32.2 Å². The molecule has 1 aliphatic heterocycles. The summed E-state index contributed by atoms with van der Waals surface area (Å²) >= 11 is 0. The molecule has 1 amide bonds. The zero-order valence-corrected chi connectivity index (χ0v) is 18.2. The van der Waals surface area contributed by atoms with E-state index in [9.17, 15) is 4.79 Å². The van der Waals surface area contributed by atoms with Crippen LogP contribution < -0.4 is 14.8 Å². The second-order valence-corrected chi connectivity index (χ2v) is 8.08. The van der Waals surface area contributed by atoms with Crippen molar-refractivity contribution in [3.63, 3.8) is 0 Å². The minimum atomic E-state index is -0.524. The second kappa shape index (κ2) is 8.89. The molecule has 2 aromatic rings. The fraction of sp³-hybridized carbons (Fsp3) is 0.480. The van der Waals surface area contributed by atoms with E-state index in [1.807, 2.05) is 50.2 Å². The second-order valence-electron chi connectivity index (χ2n) is 8.08. The maximum Gasteiger partial charge on any atom is 0.261 e. The molecule has 2 aromatic carbocycles. The van der Waals surface area contributed by atoms with Crippen molar-refractivity contribution in [3.05, 3.63) is 59.2 Å². The van der Waals surface area contributed by atoms with Gasteiger partial charge in [-0.2, -0.15) is 0 Å². The van der Waals surface area contributed by atoms with Gasteiger partial charge in [0.2, 0.25) is 0 Å². The molecule has 0 bridgehead atoms. The first-order chi connectivity index (χ1) is 13.9. The minimum Gasteiger partial charge on any atom is -0.487 e. The first-order valence-electron chi connectivity index (χ1n) is 10.7. The molecule has 3 rings (SSSR count). The zero-order chi connectivity index (χ0) is 21.0. The van der Waals surface area contributed by atoms with Gasteiger partial charge in [0.15, 0.2) is 6.10 Å². The highest BCUT2D eigenvalue weighted by atomic mass is 16.5. The SMILES string of the molecule is CC[C@@H](Oc1ccc(C)cc1C)C(=O)N[C@@H]1CC(CC)(CC)Oc2ccccc21. The quantitative estimate of drug-likeness (QED) is 0.658.